The van der Waals surface area contributed by atoms with Gasteiger partial charge in [-0.25, -0.2) is 4.98 Å². The third-order valence-electron chi connectivity index (χ3n) is 3.37. The Morgan fingerprint density at radius 3 is 2.95 bits per heavy atom. The van der Waals surface area contributed by atoms with Crippen LogP contribution < -0.4 is 11.3 Å². The van der Waals surface area contributed by atoms with Crippen LogP contribution in [0.4, 0.5) is 0 Å². The monoisotopic (exact) mass is 295 g/mol. The van der Waals surface area contributed by atoms with Crippen molar-refractivity contribution in [1.29, 1.82) is 0 Å². The summed E-state index contributed by atoms with van der Waals surface area (Å²) in [7, 11) is 2.02. The zero-order valence-corrected chi connectivity index (χ0v) is 12.9. The Morgan fingerprint density at radius 2 is 2.25 bits per heavy atom. The molecule has 2 N–H and O–H groups in total. The van der Waals surface area contributed by atoms with Gasteiger partial charge < -0.3 is 10.6 Å². The molecule has 0 saturated carbocycles. The number of aromatic nitrogens is 3. The first kappa shape index (κ1) is 15.1. The minimum Gasteiger partial charge on any atom is -0.327 e. The van der Waals surface area contributed by atoms with Gasteiger partial charge in [0.25, 0.3) is 5.56 Å². The second kappa shape index (κ2) is 6.43. The van der Waals surface area contributed by atoms with E-state index in [4.69, 9.17) is 5.73 Å². The van der Waals surface area contributed by atoms with Crippen molar-refractivity contribution < 1.29 is 0 Å². The van der Waals surface area contributed by atoms with Gasteiger partial charge in [0.2, 0.25) is 4.96 Å². The molecule has 0 aliphatic rings. The highest BCUT2D eigenvalue weighted by atomic mass is 32.1. The van der Waals surface area contributed by atoms with Crippen LogP contribution >= 0.6 is 11.3 Å². The van der Waals surface area contributed by atoms with Crippen molar-refractivity contribution in [3.05, 3.63) is 27.6 Å². The predicted molar refractivity (Wildman–Crippen MR) is 80.9 cm³/mol. The number of rotatable bonds is 6. The van der Waals surface area contributed by atoms with Crippen LogP contribution in [0, 0.1) is 5.92 Å². The largest absolute Gasteiger partial charge is 0.327 e. The van der Waals surface area contributed by atoms with Crippen molar-refractivity contribution in [3.8, 4) is 0 Å². The highest BCUT2D eigenvalue weighted by molar-refractivity contribution is 7.14. The van der Waals surface area contributed by atoms with Crippen molar-refractivity contribution >= 4 is 16.3 Å². The molecule has 0 radical (unpaired) electrons. The highest BCUT2D eigenvalue weighted by Gasteiger charge is 2.11. The summed E-state index contributed by atoms with van der Waals surface area (Å²) in [5.74, 6) is 0.486. The Morgan fingerprint density at radius 1 is 1.50 bits per heavy atom. The lowest BCUT2D eigenvalue weighted by Crippen LogP contribution is -2.32. The minimum absolute atomic E-state index is 0.126. The topological polar surface area (TPSA) is 76.5 Å². The summed E-state index contributed by atoms with van der Waals surface area (Å²) < 4.78 is 1.32. The summed E-state index contributed by atoms with van der Waals surface area (Å²) in [6.07, 6.45) is 0.940. The van der Waals surface area contributed by atoms with Crippen molar-refractivity contribution in [2.24, 2.45) is 11.7 Å². The molecule has 2 heterocycles. The van der Waals surface area contributed by atoms with E-state index in [1.807, 2.05) is 7.05 Å². The lowest BCUT2D eigenvalue weighted by Gasteiger charge is -2.20. The molecule has 20 heavy (non-hydrogen) atoms. The van der Waals surface area contributed by atoms with Crippen LogP contribution in [-0.4, -0.2) is 39.1 Å². The molecule has 2 aromatic rings. The van der Waals surface area contributed by atoms with E-state index in [-0.39, 0.29) is 11.6 Å². The number of nitrogens with zero attached hydrogens (tertiary/aromatic N) is 4. The molecule has 0 bridgehead atoms. The van der Waals surface area contributed by atoms with E-state index in [0.29, 0.717) is 17.4 Å². The molecule has 0 aromatic carbocycles. The molecular formula is C13H21N5OS. The number of fused-ring (bicyclic) bond motifs is 1. The average molecular weight is 295 g/mol. The van der Waals surface area contributed by atoms with E-state index in [9.17, 15) is 4.79 Å². The molecule has 110 valence electrons. The third kappa shape index (κ3) is 3.62. The summed E-state index contributed by atoms with van der Waals surface area (Å²) in [5, 5.41) is 3.95. The first-order chi connectivity index (χ1) is 9.47. The standard InChI is InChI=1S/C13H21N5OS/c1-9(2)11(14)4-5-17(3)7-10-6-12(19)18-13(16-10)20-8-15-18/h6,8-9,11H,4-5,7,14H2,1-3H3. The van der Waals surface area contributed by atoms with Gasteiger partial charge >= 0.3 is 0 Å². The summed E-state index contributed by atoms with van der Waals surface area (Å²) in [6.45, 7) is 5.80. The Kier molecular flexibility index (Phi) is 4.85. The first-order valence-corrected chi connectivity index (χ1v) is 7.62. The van der Waals surface area contributed by atoms with Crippen molar-refractivity contribution in [1.82, 2.24) is 19.5 Å². The van der Waals surface area contributed by atoms with E-state index in [2.05, 4.69) is 28.8 Å². The molecule has 0 amide bonds. The van der Waals surface area contributed by atoms with Crippen LogP contribution in [0.15, 0.2) is 16.4 Å². The molecule has 2 aromatic heterocycles. The van der Waals surface area contributed by atoms with Gasteiger partial charge in [0.15, 0.2) is 0 Å². The first-order valence-electron chi connectivity index (χ1n) is 6.74. The quantitative estimate of drug-likeness (QED) is 0.859. The molecule has 6 nitrogen and oxygen atoms in total. The predicted octanol–water partition coefficient (Wildman–Crippen LogP) is 0.956. The maximum Gasteiger partial charge on any atom is 0.275 e. The van der Waals surface area contributed by atoms with Gasteiger partial charge in [-0.1, -0.05) is 25.2 Å². The minimum atomic E-state index is -0.126. The van der Waals surface area contributed by atoms with Crippen LogP contribution in [-0.2, 0) is 6.54 Å². The summed E-state index contributed by atoms with van der Waals surface area (Å²) in [6, 6.07) is 1.76. The summed E-state index contributed by atoms with van der Waals surface area (Å²) >= 11 is 1.37. The van der Waals surface area contributed by atoms with Gasteiger partial charge in [-0.3, -0.25) is 4.79 Å². The smallest absolute Gasteiger partial charge is 0.275 e. The molecular weight excluding hydrogens is 274 g/mol. The number of hydrogen-bond donors (Lipinski definition) is 1. The molecule has 7 heteroatoms. The van der Waals surface area contributed by atoms with Crippen LogP contribution in [0.5, 0.6) is 0 Å². The molecule has 0 saturated heterocycles. The van der Waals surface area contributed by atoms with E-state index in [1.54, 1.807) is 11.6 Å². The number of hydrogen-bond acceptors (Lipinski definition) is 6. The summed E-state index contributed by atoms with van der Waals surface area (Å²) in [4.78, 5) is 19.0. The van der Waals surface area contributed by atoms with Crippen molar-refractivity contribution in [2.45, 2.75) is 32.9 Å². The second-order valence-electron chi connectivity index (χ2n) is 5.45. The van der Waals surface area contributed by atoms with E-state index in [0.717, 1.165) is 18.7 Å². The third-order valence-corrected chi connectivity index (χ3v) is 4.05. The SMILES string of the molecule is CC(C)C(N)CCN(C)Cc1cc(=O)n2ncsc2n1. The van der Waals surface area contributed by atoms with E-state index < -0.39 is 0 Å². The van der Waals surface area contributed by atoms with Crippen LogP contribution in [0.25, 0.3) is 4.96 Å². The second-order valence-corrected chi connectivity index (χ2v) is 6.26. The fourth-order valence-electron chi connectivity index (χ4n) is 1.94. The summed E-state index contributed by atoms with van der Waals surface area (Å²) in [5.41, 5.74) is 8.32. The van der Waals surface area contributed by atoms with Gasteiger partial charge in [0.05, 0.1) is 5.69 Å². The fourth-order valence-corrected chi connectivity index (χ4v) is 2.58. The Balaban J connectivity index is 1.99. The molecule has 0 aliphatic carbocycles. The van der Waals surface area contributed by atoms with Crippen LogP contribution in [0.2, 0.25) is 0 Å². The van der Waals surface area contributed by atoms with Gasteiger partial charge in [-0.2, -0.15) is 9.61 Å². The van der Waals surface area contributed by atoms with Crippen LogP contribution in [0.1, 0.15) is 26.0 Å². The van der Waals surface area contributed by atoms with Gasteiger partial charge in [0.1, 0.15) is 5.51 Å². The van der Waals surface area contributed by atoms with Gasteiger partial charge in [-0.05, 0) is 25.9 Å². The molecule has 0 fully saturated rings. The molecule has 1 atom stereocenters. The fraction of sp³-hybridized carbons (Fsp3) is 0.615. The van der Waals surface area contributed by atoms with Crippen LogP contribution in [0.3, 0.4) is 0 Å². The molecule has 1 unspecified atom stereocenters. The van der Waals surface area contributed by atoms with E-state index in [1.165, 1.54) is 15.9 Å². The number of nitrogens with two attached hydrogens (primary N) is 1. The Bertz CT molecular complexity index is 620. The lowest BCUT2D eigenvalue weighted by atomic mass is 10.0. The molecule has 2 rings (SSSR count). The maximum atomic E-state index is 11.8. The highest BCUT2D eigenvalue weighted by Crippen LogP contribution is 2.07. The Hall–Kier alpha value is -1.31. The van der Waals surface area contributed by atoms with Gasteiger partial charge in [0, 0.05) is 18.7 Å². The maximum absolute atomic E-state index is 11.8. The molecule has 0 aliphatic heterocycles. The normalized spacial score (nSPS) is 13.5. The average Bonchev–Trinajstić information content (AvgIpc) is 2.84. The zero-order valence-electron chi connectivity index (χ0n) is 12.1. The van der Waals surface area contributed by atoms with Crippen molar-refractivity contribution in [3.63, 3.8) is 0 Å². The van der Waals surface area contributed by atoms with Crippen molar-refractivity contribution in [2.75, 3.05) is 13.6 Å². The molecule has 0 spiro atoms. The zero-order chi connectivity index (χ0) is 14.7. The Labute approximate surface area is 122 Å². The van der Waals surface area contributed by atoms with Gasteiger partial charge in [-0.15, -0.1) is 0 Å². The van der Waals surface area contributed by atoms with E-state index >= 15 is 0 Å². The lowest BCUT2D eigenvalue weighted by molar-refractivity contribution is 0.293.